The summed E-state index contributed by atoms with van der Waals surface area (Å²) in [6.07, 6.45) is -3.38. The van der Waals surface area contributed by atoms with E-state index in [-0.39, 0.29) is 5.02 Å². The zero-order valence-corrected chi connectivity index (χ0v) is 13.2. The molecule has 2 rings (SSSR count). The van der Waals surface area contributed by atoms with Crippen molar-refractivity contribution in [3.63, 3.8) is 0 Å². The first-order chi connectivity index (χ1) is 9.74. The third-order valence-electron chi connectivity index (χ3n) is 2.93. The quantitative estimate of drug-likeness (QED) is 0.811. The van der Waals surface area contributed by atoms with E-state index in [0.29, 0.717) is 28.6 Å². The minimum atomic E-state index is -4.41. The number of thioether (sulfide) groups is 1. The maximum atomic E-state index is 12.7. The Hall–Kier alpha value is -0.880. The highest BCUT2D eigenvalue weighted by atomic mass is 35.5. The van der Waals surface area contributed by atoms with Gasteiger partial charge in [0.05, 0.1) is 12.1 Å². The average molecular weight is 337 g/mol. The molecule has 0 saturated carbocycles. The molecule has 0 saturated heterocycles. The summed E-state index contributed by atoms with van der Waals surface area (Å²) in [5.41, 5.74) is -0.453. The van der Waals surface area contributed by atoms with E-state index in [4.69, 9.17) is 11.6 Å². The molecule has 0 amide bonds. The van der Waals surface area contributed by atoms with Crippen molar-refractivity contribution in [2.24, 2.45) is 10.9 Å². The van der Waals surface area contributed by atoms with Crippen molar-refractivity contribution in [3.8, 4) is 0 Å². The fourth-order valence-electron chi connectivity index (χ4n) is 2.08. The molecule has 0 fully saturated rings. The summed E-state index contributed by atoms with van der Waals surface area (Å²) in [6.45, 7) is 4.97. The molecule has 1 atom stereocenters. The second kappa shape index (κ2) is 6.48. The average Bonchev–Trinajstić information content (AvgIpc) is 2.73. The molecule has 0 bridgehead atoms. The molecule has 116 valence electrons. The van der Waals surface area contributed by atoms with Gasteiger partial charge in [-0.05, 0) is 30.5 Å². The van der Waals surface area contributed by atoms with Gasteiger partial charge in [0.15, 0.2) is 5.17 Å². The van der Waals surface area contributed by atoms with E-state index in [1.807, 2.05) is 0 Å². The lowest BCUT2D eigenvalue weighted by Crippen LogP contribution is -2.11. The van der Waals surface area contributed by atoms with Crippen molar-refractivity contribution in [2.75, 3.05) is 11.9 Å². The van der Waals surface area contributed by atoms with Crippen LogP contribution in [0.15, 0.2) is 23.2 Å². The number of amidine groups is 1. The van der Waals surface area contributed by atoms with Crippen molar-refractivity contribution >= 4 is 34.2 Å². The normalized spacial score (nSPS) is 19.0. The SMILES string of the molecule is CC(C)CC1CN=C(Nc2cc(Cl)cc(C(F)(F)F)c2)S1. The van der Waals surface area contributed by atoms with Crippen LogP contribution in [0, 0.1) is 5.92 Å². The number of anilines is 1. The molecular formula is C14H16ClF3N2S. The maximum absolute atomic E-state index is 12.7. The lowest BCUT2D eigenvalue weighted by Gasteiger charge is -2.13. The zero-order chi connectivity index (χ0) is 15.6. The van der Waals surface area contributed by atoms with Gasteiger partial charge in [-0.2, -0.15) is 13.2 Å². The van der Waals surface area contributed by atoms with Crippen LogP contribution in [0.1, 0.15) is 25.8 Å². The van der Waals surface area contributed by atoms with Crippen LogP contribution in [0.25, 0.3) is 0 Å². The Morgan fingerprint density at radius 1 is 1.38 bits per heavy atom. The van der Waals surface area contributed by atoms with Crippen LogP contribution in [-0.2, 0) is 6.18 Å². The summed E-state index contributed by atoms with van der Waals surface area (Å²) in [6, 6.07) is 3.43. The number of halogens is 4. The lowest BCUT2D eigenvalue weighted by atomic mass is 10.1. The molecular weight excluding hydrogens is 321 g/mol. The van der Waals surface area contributed by atoms with Gasteiger partial charge in [0.2, 0.25) is 0 Å². The van der Waals surface area contributed by atoms with Gasteiger partial charge in [0.1, 0.15) is 0 Å². The topological polar surface area (TPSA) is 24.4 Å². The number of nitrogens with zero attached hydrogens (tertiary/aromatic N) is 1. The molecule has 1 aliphatic heterocycles. The van der Waals surface area contributed by atoms with Crippen molar-refractivity contribution < 1.29 is 13.2 Å². The van der Waals surface area contributed by atoms with Crippen molar-refractivity contribution in [1.82, 2.24) is 0 Å². The Kier molecular flexibility index (Phi) is 5.09. The summed E-state index contributed by atoms with van der Waals surface area (Å²) in [5.74, 6) is 0.569. The molecule has 2 nitrogen and oxygen atoms in total. The molecule has 0 aromatic heterocycles. The summed E-state index contributed by atoms with van der Waals surface area (Å²) >= 11 is 7.32. The highest BCUT2D eigenvalue weighted by molar-refractivity contribution is 8.15. The molecule has 1 aromatic rings. The van der Waals surface area contributed by atoms with Crippen molar-refractivity contribution in [2.45, 2.75) is 31.7 Å². The van der Waals surface area contributed by atoms with Gasteiger partial charge < -0.3 is 5.32 Å². The van der Waals surface area contributed by atoms with E-state index in [1.165, 1.54) is 6.07 Å². The third-order valence-corrected chi connectivity index (χ3v) is 4.27. The number of alkyl halides is 3. The van der Waals surface area contributed by atoms with E-state index in [1.54, 1.807) is 11.8 Å². The van der Waals surface area contributed by atoms with Gasteiger partial charge in [-0.15, -0.1) is 0 Å². The predicted octanol–water partition coefficient (Wildman–Crippen LogP) is 5.29. The summed E-state index contributed by atoms with van der Waals surface area (Å²) < 4.78 is 38.2. The van der Waals surface area contributed by atoms with Crippen LogP contribution in [0.2, 0.25) is 5.02 Å². The minimum Gasteiger partial charge on any atom is -0.335 e. The molecule has 7 heteroatoms. The second-order valence-electron chi connectivity index (χ2n) is 5.37. The maximum Gasteiger partial charge on any atom is 0.416 e. The summed E-state index contributed by atoms with van der Waals surface area (Å²) in [7, 11) is 0. The van der Waals surface area contributed by atoms with E-state index >= 15 is 0 Å². The van der Waals surface area contributed by atoms with E-state index in [0.717, 1.165) is 18.6 Å². The van der Waals surface area contributed by atoms with Gasteiger partial charge in [-0.25, -0.2) is 0 Å². The highest BCUT2D eigenvalue weighted by Gasteiger charge is 2.31. The van der Waals surface area contributed by atoms with Gasteiger partial charge in [-0.1, -0.05) is 37.2 Å². The monoisotopic (exact) mass is 336 g/mol. The molecule has 0 spiro atoms. The van der Waals surface area contributed by atoms with E-state index in [2.05, 4.69) is 24.2 Å². The van der Waals surface area contributed by atoms with Crippen LogP contribution in [0.5, 0.6) is 0 Å². The van der Waals surface area contributed by atoms with E-state index in [9.17, 15) is 13.2 Å². The van der Waals surface area contributed by atoms with Crippen LogP contribution in [0.4, 0.5) is 18.9 Å². The number of benzene rings is 1. The highest BCUT2D eigenvalue weighted by Crippen LogP contribution is 2.34. The number of hydrogen-bond acceptors (Lipinski definition) is 3. The van der Waals surface area contributed by atoms with Gasteiger partial charge in [-0.3, -0.25) is 4.99 Å². The molecule has 1 aromatic carbocycles. The Bertz CT molecular complexity index is 544. The smallest absolute Gasteiger partial charge is 0.335 e. The molecule has 0 radical (unpaired) electrons. The van der Waals surface area contributed by atoms with Gasteiger partial charge in [0.25, 0.3) is 0 Å². The van der Waals surface area contributed by atoms with Crippen LogP contribution < -0.4 is 5.32 Å². The first-order valence-corrected chi connectivity index (χ1v) is 7.85. The number of nitrogens with one attached hydrogen (secondary N) is 1. The molecule has 1 unspecified atom stereocenters. The van der Waals surface area contributed by atoms with Crippen molar-refractivity contribution in [3.05, 3.63) is 28.8 Å². The van der Waals surface area contributed by atoms with Crippen molar-refractivity contribution in [1.29, 1.82) is 0 Å². The Balaban J connectivity index is 2.06. The zero-order valence-electron chi connectivity index (χ0n) is 11.7. The van der Waals surface area contributed by atoms with Gasteiger partial charge >= 0.3 is 6.18 Å². The Morgan fingerprint density at radius 3 is 2.71 bits per heavy atom. The van der Waals surface area contributed by atoms with Crippen LogP contribution in [0.3, 0.4) is 0 Å². The molecule has 1 aliphatic rings. The molecule has 1 heterocycles. The van der Waals surface area contributed by atoms with Crippen LogP contribution in [-0.4, -0.2) is 17.0 Å². The number of rotatable bonds is 3. The number of aliphatic imine (C=N–C) groups is 1. The standard InChI is InChI=1S/C14H16ClF3N2S/c1-8(2)3-12-7-19-13(21-12)20-11-5-9(14(16,17)18)4-10(15)6-11/h4-6,8,12H,3,7H2,1-2H3,(H,19,20). The molecule has 0 aliphatic carbocycles. The molecule has 1 N–H and O–H groups in total. The summed E-state index contributed by atoms with van der Waals surface area (Å²) in [4.78, 5) is 4.33. The lowest BCUT2D eigenvalue weighted by molar-refractivity contribution is -0.137. The van der Waals surface area contributed by atoms with Gasteiger partial charge in [0, 0.05) is 16.0 Å². The van der Waals surface area contributed by atoms with E-state index < -0.39 is 11.7 Å². The first kappa shape index (κ1) is 16.5. The first-order valence-electron chi connectivity index (χ1n) is 6.60. The van der Waals surface area contributed by atoms with Crippen LogP contribution >= 0.6 is 23.4 Å². The number of hydrogen-bond donors (Lipinski definition) is 1. The fourth-order valence-corrected chi connectivity index (χ4v) is 3.59. The predicted molar refractivity (Wildman–Crippen MR) is 83.2 cm³/mol. The Morgan fingerprint density at radius 2 is 2.10 bits per heavy atom. The summed E-state index contributed by atoms with van der Waals surface area (Å²) in [5, 5.41) is 4.01. The largest absolute Gasteiger partial charge is 0.416 e. The minimum absolute atomic E-state index is 0.0506. The Labute approximate surface area is 131 Å². The molecule has 21 heavy (non-hydrogen) atoms. The second-order valence-corrected chi connectivity index (χ2v) is 7.09. The third kappa shape index (κ3) is 4.81. The fraction of sp³-hybridized carbons (Fsp3) is 0.500.